The van der Waals surface area contributed by atoms with Crippen molar-refractivity contribution in [2.45, 2.75) is 24.4 Å². The maximum absolute atomic E-state index is 10.5. The van der Waals surface area contributed by atoms with Crippen molar-refractivity contribution in [1.29, 1.82) is 0 Å². The Morgan fingerprint density at radius 1 is 1.20 bits per heavy atom. The van der Waals surface area contributed by atoms with Crippen molar-refractivity contribution in [3.63, 3.8) is 0 Å². The van der Waals surface area contributed by atoms with Crippen molar-refractivity contribution < 1.29 is 29.2 Å². The van der Waals surface area contributed by atoms with Crippen LogP contribution in [0.4, 0.5) is 0 Å². The highest BCUT2D eigenvalue weighted by Gasteiger charge is 2.32. The number of carbonyl (C=O) groups excluding carboxylic acids is 1. The quantitative estimate of drug-likeness (QED) is 0.490. The second kappa shape index (κ2) is 7.72. The molecule has 0 heterocycles. The Labute approximate surface area is 88.7 Å². The van der Waals surface area contributed by atoms with Gasteiger partial charge in [0, 0.05) is 21.3 Å². The number of aliphatic hydroxyl groups excluding tert-OH is 2. The van der Waals surface area contributed by atoms with Crippen molar-refractivity contribution in [2.75, 3.05) is 27.9 Å². The van der Waals surface area contributed by atoms with E-state index in [0.717, 1.165) is 0 Å². The van der Waals surface area contributed by atoms with Gasteiger partial charge in [0.1, 0.15) is 24.4 Å². The minimum atomic E-state index is -1.23. The van der Waals surface area contributed by atoms with E-state index in [4.69, 9.17) is 14.2 Å². The van der Waals surface area contributed by atoms with E-state index in [1.165, 1.54) is 21.3 Å². The Morgan fingerprint density at radius 3 is 2.13 bits per heavy atom. The summed E-state index contributed by atoms with van der Waals surface area (Å²) in [5, 5.41) is 19.2. The lowest BCUT2D eigenvalue weighted by Crippen LogP contribution is -2.48. The van der Waals surface area contributed by atoms with Crippen LogP contribution in [0.3, 0.4) is 0 Å². The fourth-order valence-electron chi connectivity index (χ4n) is 1.25. The second-order valence-corrected chi connectivity index (χ2v) is 3.05. The number of carbonyl (C=O) groups is 1. The number of rotatable bonds is 8. The molecule has 0 saturated carbocycles. The first kappa shape index (κ1) is 14.5. The molecule has 0 fully saturated rings. The van der Waals surface area contributed by atoms with E-state index >= 15 is 0 Å². The van der Waals surface area contributed by atoms with E-state index in [9.17, 15) is 15.0 Å². The van der Waals surface area contributed by atoms with Crippen LogP contribution in [0, 0.1) is 0 Å². The molecule has 4 unspecified atom stereocenters. The first-order chi connectivity index (χ1) is 7.12. The summed E-state index contributed by atoms with van der Waals surface area (Å²) in [7, 11) is 4.03. The van der Waals surface area contributed by atoms with Gasteiger partial charge in [-0.1, -0.05) is 0 Å². The molecule has 6 heteroatoms. The molecule has 0 aliphatic heterocycles. The van der Waals surface area contributed by atoms with Crippen LogP contribution in [0.15, 0.2) is 0 Å². The Morgan fingerprint density at radius 2 is 1.80 bits per heavy atom. The van der Waals surface area contributed by atoms with Gasteiger partial charge in [0.25, 0.3) is 0 Å². The standard InChI is InChI=1S/C9H18O6/c1-13-5-6(11)9(15-3)8(12)7(4-10)14-2/h4,6-9,11-12H,5H2,1-3H3. The fourth-order valence-corrected chi connectivity index (χ4v) is 1.25. The minimum Gasteiger partial charge on any atom is -0.388 e. The summed E-state index contributed by atoms with van der Waals surface area (Å²) in [6, 6.07) is 0. The van der Waals surface area contributed by atoms with E-state index < -0.39 is 24.4 Å². The molecule has 0 aromatic carbocycles. The highest BCUT2D eigenvalue weighted by Crippen LogP contribution is 2.10. The van der Waals surface area contributed by atoms with Gasteiger partial charge in [0.05, 0.1) is 6.61 Å². The van der Waals surface area contributed by atoms with Crippen molar-refractivity contribution in [1.82, 2.24) is 0 Å². The molecule has 0 radical (unpaired) electrons. The zero-order valence-electron chi connectivity index (χ0n) is 9.12. The SMILES string of the molecule is COCC(O)C(OC)C(O)C(C=O)OC. The van der Waals surface area contributed by atoms with E-state index in [1.54, 1.807) is 0 Å². The lowest BCUT2D eigenvalue weighted by atomic mass is 10.0. The molecule has 4 atom stereocenters. The van der Waals surface area contributed by atoms with E-state index in [0.29, 0.717) is 6.29 Å². The average Bonchev–Trinajstić information content (AvgIpc) is 2.21. The molecule has 0 bridgehead atoms. The Bertz CT molecular complexity index is 174. The van der Waals surface area contributed by atoms with Crippen LogP contribution >= 0.6 is 0 Å². The van der Waals surface area contributed by atoms with Crippen LogP contribution in [0.5, 0.6) is 0 Å². The Kier molecular flexibility index (Phi) is 7.45. The molecule has 90 valence electrons. The molecule has 0 aromatic heterocycles. The first-order valence-corrected chi connectivity index (χ1v) is 4.48. The average molecular weight is 222 g/mol. The lowest BCUT2D eigenvalue weighted by Gasteiger charge is -2.28. The molecule has 15 heavy (non-hydrogen) atoms. The highest BCUT2D eigenvalue weighted by atomic mass is 16.5. The maximum atomic E-state index is 10.5. The zero-order chi connectivity index (χ0) is 11.8. The number of hydrogen-bond donors (Lipinski definition) is 2. The largest absolute Gasteiger partial charge is 0.388 e. The van der Waals surface area contributed by atoms with Gasteiger partial charge in [-0.15, -0.1) is 0 Å². The molecule has 0 amide bonds. The number of hydrogen-bond acceptors (Lipinski definition) is 6. The predicted molar refractivity (Wildman–Crippen MR) is 51.5 cm³/mol. The molecular formula is C9H18O6. The lowest BCUT2D eigenvalue weighted by molar-refractivity contribution is -0.148. The zero-order valence-corrected chi connectivity index (χ0v) is 9.12. The molecule has 0 spiro atoms. The number of methoxy groups -OCH3 is 3. The van der Waals surface area contributed by atoms with Gasteiger partial charge in [0.15, 0.2) is 6.29 Å². The van der Waals surface area contributed by atoms with Crippen molar-refractivity contribution in [3.05, 3.63) is 0 Å². The smallest absolute Gasteiger partial charge is 0.151 e. The van der Waals surface area contributed by atoms with Gasteiger partial charge in [0.2, 0.25) is 0 Å². The van der Waals surface area contributed by atoms with Crippen LogP contribution in [-0.2, 0) is 19.0 Å². The van der Waals surface area contributed by atoms with Crippen LogP contribution < -0.4 is 0 Å². The summed E-state index contributed by atoms with van der Waals surface area (Å²) in [5.74, 6) is 0. The van der Waals surface area contributed by atoms with Gasteiger partial charge in [-0.2, -0.15) is 0 Å². The van der Waals surface area contributed by atoms with Gasteiger partial charge in [-0.3, -0.25) is 0 Å². The van der Waals surface area contributed by atoms with Crippen molar-refractivity contribution in [2.24, 2.45) is 0 Å². The third-order valence-corrected chi connectivity index (χ3v) is 2.07. The van der Waals surface area contributed by atoms with Gasteiger partial charge < -0.3 is 29.2 Å². The molecule has 0 rings (SSSR count). The van der Waals surface area contributed by atoms with Crippen LogP contribution in [-0.4, -0.2) is 68.9 Å². The molecule has 6 nitrogen and oxygen atoms in total. The van der Waals surface area contributed by atoms with E-state index in [2.05, 4.69) is 0 Å². The molecule has 0 aromatic rings. The van der Waals surface area contributed by atoms with Crippen LogP contribution in [0.2, 0.25) is 0 Å². The molecule has 0 aliphatic carbocycles. The molecular weight excluding hydrogens is 204 g/mol. The monoisotopic (exact) mass is 222 g/mol. The minimum absolute atomic E-state index is 0.00482. The topological polar surface area (TPSA) is 85.2 Å². The van der Waals surface area contributed by atoms with Gasteiger partial charge in [-0.25, -0.2) is 0 Å². The summed E-state index contributed by atoms with van der Waals surface area (Å²) in [6.07, 6.45) is -3.76. The summed E-state index contributed by atoms with van der Waals surface area (Å²) in [4.78, 5) is 10.5. The second-order valence-electron chi connectivity index (χ2n) is 3.05. The third-order valence-electron chi connectivity index (χ3n) is 2.07. The van der Waals surface area contributed by atoms with Crippen LogP contribution in [0.25, 0.3) is 0 Å². The summed E-state index contributed by atoms with van der Waals surface area (Å²) < 4.78 is 14.3. The van der Waals surface area contributed by atoms with Gasteiger partial charge in [-0.05, 0) is 0 Å². The predicted octanol–water partition coefficient (Wildman–Crippen LogP) is -1.42. The molecule has 0 aliphatic rings. The Balaban J connectivity index is 4.43. The molecule has 0 saturated heterocycles. The number of aldehydes is 1. The Hall–Kier alpha value is -0.530. The number of aliphatic hydroxyl groups is 2. The third kappa shape index (κ3) is 4.23. The van der Waals surface area contributed by atoms with E-state index in [1.807, 2.05) is 0 Å². The number of ether oxygens (including phenoxy) is 3. The highest BCUT2D eigenvalue weighted by molar-refractivity contribution is 5.57. The summed E-state index contributed by atoms with van der Waals surface area (Å²) in [6.45, 7) is 0.00482. The van der Waals surface area contributed by atoms with Crippen LogP contribution in [0.1, 0.15) is 0 Å². The first-order valence-electron chi connectivity index (χ1n) is 4.48. The fraction of sp³-hybridized carbons (Fsp3) is 0.889. The van der Waals surface area contributed by atoms with Gasteiger partial charge >= 0.3 is 0 Å². The van der Waals surface area contributed by atoms with Crippen molar-refractivity contribution in [3.8, 4) is 0 Å². The molecule has 2 N–H and O–H groups in total. The van der Waals surface area contributed by atoms with Crippen molar-refractivity contribution >= 4 is 6.29 Å². The maximum Gasteiger partial charge on any atom is 0.151 e. The normalized spacial score (nSPS) is 19.3. The summed E-state index contributed by atoms with van der Waals surface area (Å²) >= 11 is 0. The van der Waals surface area contributed by atoms with E-state index in [-0.39, 0.29) is 6.61 Å². The summed E-state index contributed by atoms with van der Waals surface area (Å²) in [5.41, 5.74) is 0.